The molecule has 3 aromatic rings. The van der Waals surface area contributed by atoms with Crippen LogP contribution < -0.4 is 10.9 Å². The average molecular weight is 391 g/mol. The minimum absolute atomic E-state index is 0.171. The summed E-state index contributed by atoms with van der Waals surface area (Å²) in [6.07, 6.45) is 1.25. The number of carbonyl (C=O) groups excluding carboxylic acids is 1. The number of amides is 1. The van der Waals surface area contributed by atoms with Crippen molar-refractivity contribution >= 4 is 34.6 Å². The Balaban J connectivity index is 1.71. The van der Waals surface area contributed by atoms with Crippen molar-refractivity contribution < 1.29 is 4.79 Å². The van der Waals surface area contributed by atoms with Crippen LogP contribution in [-0.2, 0) is 20.0 Å². The Kier molecular flexibility index (Phi) is 5.38. The number of nitrogens with zero attached hydrogens (tertiary/aromatic N) is 5. The highest BCUT2D eigenvalue weighted by Gasteiger charge is 2.13. The predicted octanol–water partition coefficient (Wildman–Crippen LogP) is 1.74. The van der Waals surface area contributed by atoms with E-state index in [4.69, 9.17) is 12.2 Å². The Morgan fingerprint density at radius 2 is 2.23 bits per heavy atom. The molecule has 0 fully saturated rings. The van der Waals surface area contributed by atoms with Gasteiger partial charge < -0.3 is 4.57 Å². The number of hydrogen-bond donors (Lipinski definition) is 2. The minimum Gasteiger partial charge on any atom is -0.307 e. The number of thiazole rings is 1. The van der Waals surface area contributed by atoms with Crippen LogP contribution in [0.25, 0.3) is 0 Å². The molecule has 11 heteroatoms. The lowest BCUT2D eigenvalue weighted by Crippen LogP contribution is -2.26. The lowest BCUT2D eigenvalue weighted by Gasteiger charge is -2.05. The van der Waals surface area contributed by atoms with Crippen LogP contribution in [0.5, 0.6) is 0 Å². The van der Waals surface area contributed by atoms with Crippen molar-refractivity contribution in [3.8, 4) is 0 Å². The van der Waals surface area contributed by atoms with E-state index in [1.165, 1.54) is 28.2 Å². The molecule has 0 saturated carbocycles. The van der Waals surface area contributed by atoms with E-state index in [-0.39, 0.29) is 11.3 Å². The second-order valence-electron chi connectivity index (χ2n) is 5.56. The molecule has 3 aromatic heterocycles. The van der Waals surface area contributed by atoms with Crippen molar-refractivity contribution in [2.75, 3.05) is 5.32 Å². The zero-order valence-corrected chi connectivity index (χ0v) is 15.9. The van der Waals surface area contributed by atoms with Crippen LogP contribution in [0, 0.1) is 4.77 Å². The van der Waals surface area contributed by atoms with Gasteiger partial charge in [-0.25, -0.2) is 9.67 Å². The summed E-state index contributed by atoms with van der Waals surface area (Å²) in [5, 5.41) is 16.0. The van der Waals surface area contributed by atoms with Gasteiger partial charge in [-0.1, -0.05) is 6.92 Å². The molecule has 0 aliphatic heterocycles. The molecule has 0 bridgehead atoms. The second kappa shape index (κ2) is 7.70. The van der Waals surface area contributed by atoms with E-state index in [9.17, 15) is 9.59 Å². The summed E-state index contributed by atoms with van der Waals surface area (Å²) in [6.45, 7) is 2.40. The van der Waals surface area contributed by atoms with Gasteiger partial charge >= 0.3 is 0 Å². The summed E-state index contributed by atoms with van der Waals surface area (Å²) in [7, 11) is 1.83. The predicted molar refractivity (Wildman–Crippen MR) is 100 cm³/mol. The third-order valence-electron chi connectivity index (χ3n) is 3.62. The van der Waals surface area contributed by atoms with Crippen molar-refractivity contribution in [3.05, 3.63) is 49.8 Å². The number of nitrogens with one attached hydrogen (secondary N) is 2. The molecule has 0 unspecified atom stereocenters. The Morgan fingerprint density at radius 3 is 2.92 bits per heavy atom. The number of carbonyl (C=O) groups is 1. The zero-order valence-electron chi connectivity index (χ0n) is 14.2. The number of anilines is 1. The van der Waals surface area contributed by atoms with Gasteiger partial charge in [0.05, 0.1) is 12.1 Å². The normalized spacial score (nSPS) is 10.8. The van der Waals surface area contributed by atoms with Gasteiger partial charge in [0.2, 0.25) is 0 Å². The largest absolute Gasteiger partial charge is 0.307 e. The number of aryl methyl sites for hydroxylation is 1. The van der Waals surface area contributed by atoms with E-state index in [0.29, 0.717) is 22.9 Å². The molecule has 0 spiro atoms. The van der Waals surface area contributed by atoms with Crippen LogP contribution in [0.2, 0.25) is 0 Å². The Hall–Kier alpha value is -2.66. The van der Waals surface area contributed by atoms with E-state index in [0.717, 1.165) is 17.9 Å². The summed E-state index contributed by atoms with van der Waals surface area (Å²) in [5.74, 6) is 0.348. The molecule has 136 valence electrons. The van der Waals surface area contributed by atoms with Gasteiger partial charge in [-0.15, -0.1) is 11.3 Å². The number of rotatable bonds is 6. The van der Waals surface area contributed by atoms with Gasteiger partial charge in [0.1, 0.15) is 11.5 Å². The SMILES string of the molecule is CCCn1nc(C(=O)Nc2nc(Cc3n[nH]c(=S)n3C)cs2)ccc1=O. The van der Waals surface area contributed by atoms with Crippen molar-refractivity contribution in [2.24, 2.45) is 7.05 Å². The summed E-state index contributed by atoms with van der Waals surface area (Å²) in [6, 6.07) is 2.75. The smallest absolute Gasteiger partial charge is 0.277 e. The fourth-order valence-electron chi connectivity index (χ4n) is 2.25. The van der Waals surface area contributed by atoms with Crippen LogP contribution in [0.4, 0.5) is 5.13 Å². The Morgan fingerprint density at radius 1 is 1.42 bits per heavy atom. The third kappa shape index (κ3) is 3.94. The van der Waals surface area contributed by atoms with Gasteiger partial charge in [0.15, 0.2) is 9.90 Å². The maximum Gasteiger partial charge on any atom is 0.277 e. The highest BCUT2D eigenvalue weighted by molar-refractivity contribution is 7.71. The first-order valence-electron chi connectivity index (χ1n) is 7.92. The highest BCUT2D eigenvalue weighted by Crippen LogP contribution is 2.18. The maximum absolute atomic E-state index is 12.3. The van der Waals surface area contributed by atoms with Crippen LogP contribution in [-0.4, -0.2) is 35.4 Å². The maximum atomic E-state index is 12.3. The number of H-pyrrole nitrogens is 1. The standard InChI is InChI=1S/C15H17N7O2S2/c1-3-6-22-12(23)5-4-10(20-22)13(24)17-14-16-9(8-26-14)7-11-18-19-15(25)21(11)2/h4-5,8H,3,6-7H2,1-2H3,(H,19,25)(H,16,17,24). The number of aromatic nitrogens is 6. The fraction of sp³-hybridized carbons (Fsp3) is 0.333. The van der Waals surface area contributed by atoms with Crippen molar-refractivity contribution in [3.63, 3.8) is 0 Å². The molecule has 2 N–H and O–H groups in total. The molecule has 0 atom stereocenters. The summed E-state index contributed by atoms with van der Waals surface area (Å²) in [4.78, 5) is 28.4. The monoisotopic (exact) mass is 391 g/mol. The lowest BCUT2D eigenvalue weighted by atomic mass is 10.3. The first-order chi connectivity index (χ1) is 12.5. The van der Waals surface area contributed by atoms with Crippen molar-refractivity contribution in [1.82, 2.24) is 29.5 Å². The van der Waals surface area contributed by atoms with E-state index in [1.807, 2.05) is 19.4 Å². The molecular weight excluding hydrogens is 374 g/mol. The molecule has 3 rings (SSSR count). The summed E-state index contributed by atoms with van der Waals surface area (Å²) in [5.41, 5.74) is 0.712. The summed E-state index contributed by atoms with van der Waals surface area (Å²) < 4.78 is 3.59. The molecule has 1 amide bonds. The molecule has 0 saturated heterocycles. The summed E-state index contributed by atoms with van der Waals surface area (Å²) >= 11 is 6.39. The van der Waals surface area contributed by atoms with Crippen LogP contribution in [0.3, 0.4) is 0 Å². The highest BCUT2D eigenvalue weighted by atomic mass is 32.1. The van der Waals surface area contributed by atoms with E-state index >= 15 is 0 Å². The lowest BCUT2D eigenvalue weighted by molar-refractivity contribution is 0.101. The van der Waals surface area contributed by atoms with Gasteiger partial charge in [-0.05, 0) is 24.7 Å². The number of hydrogen-bond acceptors (Lipinski definition) is 7. The Bertz CT molecular complexity index is 1050. The van der Waals surface area contributed by atoms with Gasteiger partial charge in [-0.3, -0.25) is 20.0 Å². The van der Waals surface area contributed by atoms with Crippen LogP contribution in [0.1, 0.15) is 35.4 Å². The minimum atomic E-state index is -0.408. The van der Waals surface area contributed by atoms with Crippen molar-refractivity contribution in [2.45, 2.75) is 26.3 Å². The van der Waals surface area contributed by atoms with Crippen molar-refractivity contribution in [1.29, 1.82) is 0 Å². The number of aromatic amines is 1. The first kappa shape index (κ1) is 18.1. The van der Waals surface area contributed by atoms with E-state index in [2.05, 4.69) is 25.6 Å². The Labute approximate surface area is 157 Å². The quantitative estimate of drug-likeness (QED) is 0.619. The zero-order chi connectivity index (χ0) is 18.7. The average Bonchev–Trinajstić information content (AvgIpc) is 3.18. The molecular formula is C15H17N7O2S2. The third-order valence-corrected chi connectivity index (χ3v) is 4.79. The molecule has 0 aliphatic rings. The molecule has 26 heavy (non-hydrogen) atoms. The van der Waals surface area contributed by atoms with Gasteiger partial charge in [-0.2, -0.15) is 10.2 Å². The molecule has 0 aromatic carbocycles. The molecule has 0 aliphatic carbocycles. The van der Waals surface area contributed by atoms with Crippen LogP contribution >= 0.6 is 23.6 Å². The van der Waals surface area contributed by atoms with E-state index < -0.39 is 5.91 Å². The van der Waals surface area contributed by atoms with Gasteiger partial charge in [0, 0.05) is 25.0 Å². The fourth-order valence-corrected chi connectivity index (χ4v) is 3.10. The topological polar surface area (TPSA) is 110 Å². The molecule has 9 nitrogen and oxygen atoms in total. The van der Waals surface area contributed by atoms with E-state index in [1.54, 1.807) is 4.57 Å². The van der Waals surface area contributed by atoms with Crippen LogP contribution in [0.15, 0.2) is 22.3 Å². The molecule has 3 heterocycles. The first-order valence-corrected chi connectivity index (χ1v) is 9.21. The molecule has 0 radical (unpaired) electrons. The van der Waals surface area contributed by atoms with Gasteiger partial charge in [0.25, 0.3) is 11.5 Å². The second-order valence-corrected chi connectivity index (χ2v) is 6.80.